The Morgan fingerprint density at radius 2 is 1.12 bits per heavy atom. The molecule has 7 aromatic rings. The molecule has 1 aromatic heterocycles. The molecule has 0 aliphatic heterocycles. The van der Waals surface area contributed by atoms with Crippen molar-refractivity contribution in [2.45, 2.75) is 64.2 Å². The molecule has 5 atom stereocenters. The van der Waals surface area contributed by atoms with Gasteiger partial charge in [0.15, 0.2) is 0 Å². The van der Waals surface area contributed by atoms with Gasteiger partial charge in [0.25, 0.3) is 0 Å². The number of fused-ring (bicyclic) bond motifs is 14. The van der Waals surface area contributed by atoms with E-state index in [0.29, 0.717) is 11.8 Å². The molecule has 52 heavy (non-hydrogen) atoms. The lowest BCUT2D eigenvalue weighted by Gasteiger charge is -2.54. The summed E-state index contributed by atoms with van der Waals surface area (Å²) in [5.41, 5.74) is 15.3. The molecule has 1 nitrogen and oxygen atoms in total. The number of nitrogens with zero attached hydrogens (tertiary/aromatic N) is 1. The van der Waals surface area contributed by atoms with E-state index in [1.54, 1.807) is 11.1 Å². The van der Waals surface area contributed by atoms with Crippen LogP contribution in [-0.2, 0) is 10.8 Å². The Bertz CT molecular complexity index is 2580. The van der Waals surface area contributed by atoms with Crippen molar-refractivity contribution in [3.63, 3.8) is 0 Å². The van der Waals surface area contributed by atoms with E-state index in [-0.39, 0.29) is 10.8 Å². The fraction of sp³-hybridized carbons (Fsp3) is 0.280. The van der Waals surface area contributed by atoms with Gasteiger partial charge in [-0.15, -0.1) is 11.3 Å². The van der Waals surface area contributed by atoms with Gasteiger partial charge in [0.1, 0.15) is 0 Å². The molecule has 2 bridgehead atoms. The molecule has 11 rings (SSSR count). The number of rotatable bonds is 3. The SMILES string of the molecule is CC1CC2CC(C)C3(c4ccccc4-c4ccc(N(c5ccc6c(c5)C(C)(C)c5ccccc5-6)c5ccc6c(c5)sc5ccccc56)cc43)C(C1)C2. The highest BCUT2D eigenvalue weighted by Crippen LogP contribution is 2.65. The van der Waals surface area contributed by atoms with Gasteiger partial charge < -0.3 is 4.90 Å². The zero-order valence-electron chi connectivity index (χ0n) is 30.6. The minimum atomic E-state index is -0.0710. The second kappa shape index (κ2) is 10.9. The summed E-state index contributed by atoms with van der Waals surface area (Å²) in [4.78, 5) is 2.57. The van der Waals surface area contributed by atoms with Gasteiger partial charge in [-0.05, 0) is 136 Å². The molecule has 5 unspecified atom stereocenters. The lowest BCUT2D eigenvalue weighted by atomic mass is 9.49. The predicted molar refractivity (Wildman–Crippen MR) is 222 cm³/mol. The van der Waals surface area contributed by atoms with Crippen LogP contribution in [0.1, 0.15) is 75.6 Å². The quantitative estimate of drug-likeness (QED) is 0.178. The van der Waals surface area contributed by atoms with Gasteiger partial charge in [0.05, 0.1) is 0 Å². The Kier molecular flexibility index (Phi) is 6.50. The van der Waals surface area contributed by atoms with Crippen molar-refractivity contribution in [1.82, 2.24) is 0 Å². The molecule has 6 aromatic carbocycles. The van der Waals surface area contributed by atoms with Crippen molar-refractivity contribution < 1.29 is 0 Å². The van der Waals surface area contributed by atoms with Gasteiger partial charge in [0.2, 0.25) is 0 Å². The molecule has 2 heteroatoms. The first-order valence-electron chi connectivity index (χ1n) is 19.5. The van der Waals surface area contributed by atoms with Crippen LogP contribution in [0.2, 0.25) is 0 Å². The number of anilines is 3. The molecule has 4 aliphatic rings. The summed E-state index contributed by atoms with van der Waals surface area (Å²) in [6.07, 6.45) is 5.41. The number of benzene rings is 6. The van der Waals surface area contributed by atoms with Crippen molar-refractivity contribution in [1.29, 1.82) is 0 Å². The minimum absolute atomic E-state index is 0.0514. The van der Waals surface area contributed by atoms with Crippen LogP contribution in [0.4, 0.5) is 17.1 Å². The largest absolute Gasteiger partial charge is 0.310 e. The topological polar surface area (TPSA) is 3.24 Å². The zero-order chi connectivity index (χ0) is 34.9. The molecule has 0 radical (unpaired) electrons. The van der Waals surface area contributed by atoms with Crippen LogP contribution >= 0.6 is 11.3 Å². The van der Waals surface area contributed by atoms with Crippen molar-refractivity contribution in [3.05, 3.63) is 150 Å². The van der Waals surface area contributed by atoms with E-state index in [9.17, 15) is 0 Å². The third-order valence-electron chi connectivity index (χ3n) is 14.0. The summed E-state index contributed by atoms with van der Waals surface area (Å²) >= 11 is 1.91. The summed E-state index contributed by atoms with van der Waals surface area (Å²) in [6, 6.07) is 49.3. The number of hydrogen-bond donors (Lipinski definition) is 0. The van der Waals surface area contributed by atoms with E-state index >= 15 is 0 Å². The normalized spacial score (nSPS) is 24.8. The molecule has 1 spiro atoms. The Morgan fingerprint density at radius 3 is 1.92 bits per heavy atom. The van der Waals surface area contributed by atoms with Crippen LogP contribution in [0, 0.1) is 23.7 Å². The van der Waals surface area contributed by atoms with Gasteiger partial charge in [0, 0.05) is 48.1 Å². The maximum Gasteiger partial charge on any atom is 0.0476 e. The average Bonchev–Trinajstić information content (AvgIpc) is 3.75. The number of thiophene rings is 1. The first-order valence-corrected chi connectivity index (χ1v) is 20.3. The van der Waals surface area contributed by atoms with Crippen molar-refractivity contribution in [2.75, 3.05) is 4.90 Å². The van der Waals surface area contributed by atoms with Crippen LogP contribution in [0.5, 0.6) is 0 Å². The molecular weight excluding hydrogens is 647 g/mol. The third-order valence-corrected chi connectivity index (χ3v) is 15.1. The average molecular weight is 692 g/mol. The van der Waals surface area contributed by atoms with E-state index in [0.717, 1.165) is 11.8 Å². The molecule has 0 amide bonds. The molecule has 4 aliphatic carbocycles. The van der Waals surface area contributed by atoms with Crippen LogP contribution < -0.4 is 4.90 Å². The standard InChI is InChI=1S/C50H45NS/c1-30-23-32-25-31(2)50(33(24-30)26-32)44-15-9-6-12-38(44)40-21-18-35(28-46(40)50)51(36-19-22-42-41-13-7-10-16-47(41)52-48(42)29-36)34-17-20-39-37-11-5-8-14-43(37)49(3,4)45(39)27-34/h5-22,27-33H,23-26H2,1-4H3. The van der Waals surface area contributed by atoms with Crippen molar-refractivity contribution in [3.8, 4) is 22.3 Å². The first kappa shape index (κ1) is 30.9. The van der Waals surface area contributed by atoms with Gasteiger partial charge in [-0.25, -0.2) is 0 Å². The molecular formula is C50H45NS. The lowest BCUT2D eigenvalue weighted by molar-refractivity contribution is 0.0426. The minimum Gasteiger partial charge on any atom is -0.310 e. The highest BCUT2D eigenvalue weighted by molar-refractivity contribution is 7.25. The first-order chi connectivity index (χ1) is 25.3. The summed E-state index contributed by atoms with van der Waals surface area (Å²) in [5, 5.41) is 2.69. The lowest BCUT2D eigenvalue weighted by Crippen LogP contribution is -2.49. The van der Waals surface area contributed by atoms with Crippen LogP contribution in [0.3, 0.4) is 0 Å². The summed E-state index contributed by atoms with van der Waals surface area (Å²) in [6.45, 7) is 9.89. The van der Waals surface area contributed by atoms with E-state index < -0.39 is 0 Å². The number of hydrogen-bond acceptors (Lipinski definition) is 2. The van der Waals surface area contributed by atoms with E-state index in [1.807, 2.05) is 11.3 Å². The third kappa shape index (κ3) is 4.11. The van der Waals surface area contributed by atoms with Crippen LogP contribution in [-0.4, -0.2) is 0 Å². The highest BCUT2D eigenvalue weighted by atomic mass is 32.1. The van der Waals surface area contributed by atoms with Crippen molar-refractivity contribution >= 4 is 48.6 Å². The maximum absolute atomic E-state index is 2.63. The summed E-state index contributed by atoms with van der Waals surface area (Å²) < 4.78 is 2.69. The molecule has 2 saturated carbocycles. The molecule has 2 fully saturated rings. The summed E-state index contributed by atoms with van der Waals surface area (Å²) in [5.74, 6) is 2.92. The fourth-order valence-electron chi connectivity index (χ4n) is 12.0. The molecule has 0 saturated heterocycles. The summed E-state index contributed by atoms with van der Waals surface area (Å²) in [7, 11) is 0. The van der Waals surface area contributed by atoms with E-state index in [2.05, 4.69) is 160 Å². The van der Waals surface area contributed by atoms with Gasteiger partial charge >= 0.3 is 0 Å². The molecule has 1 heterocycles. The van der Waals surface area contributed by atoms with Crippen LogP contribution in [0.25, 0.3) is 42.4 Å². The molecule has 0 N–H and O–H groups in total. The monoisotopic (exact) mass is 691 g/mol. The Balaban J connectivity index is 1.14. The molecule has 256 valence electrons. The van der Waals surface area contributed by atoms with E-state index in [1.165, 1.54) is 96.3 Å². The Hall–Kier alpha value is -4.66. The van der Waals surface area contributed by atoms with Gasteiger partial charge in [-0.1, -0.05) is 113 Å². The van der Waals surface area contributed by atoms with Gasteiger partial charge in [-0.2, -0.15) is 0 Å². The smallest absolute Gasteiger partial charge is 0.0476 e. The second-order valence-electron chi connectivity index (χ2n) is 17.2. The maximum atomic E-state index is 2.63. The van der Waals surface area contributed by atoms with E-state index in [4.69, 9.17) is 0 Å². The Labute approximate surface area is 312 Å². The van der Waals surface area contributed by atoms with Crippen LogP contribution in [0.15, 0.2) is 127 Å². The zero-order valence-corrected chi connectivity index (χ0v) is 31.4. The Morgan fingerprint density at radius 1 is 0.519 bits per heavy atom. The van der Waals surface area contributed by atoms with Gasteiger partial charge in [-0.3, -0.25) is 0 Å². The van der Waals surface area contributed by atoms with Crippen molar-refractivity contribution in [2.24, 2.45) is 23.7 Å². The second-order valence-corrected chi connectivity index (χ2v) is 18.3. The highest BCUT2D eigenvalue weighted by Gasteiger charge is 2.56. The fourth-order valence-corrected chi connectivity index (χ4v) is 13.1. The predicted octanol–water partition coefficient (Wildman–Crippen LogP) is 14.2.